The predicted octanol–water partition coefficient (Wildman–Crippen LogP) is 5.55. The van der Waals surface area contributed by atoms with E-state index in [1.165, 1.54) is 6.07 Å². The average Bonchev–Trinajstić information content (AvgIpc) is 2.78. The molecule has 3 amide bonds. The summed E-state index contributed by atoms with van der Waals surface area (Å²) in [5.74, 6) is -0.682. The van der Waals surface area contributed by atoms with E-state index in [4.69, 9.17) is 4.74 Å². The maximum absolute atomic E-state index is 14.2. The Morgan fingerprint density at radius 3 is 2.16 bits per heavy atom. The van der Waals surface area contributed by atoms with Crippen LogP contribution in [0.3, 0.4) is 0 Å². The first-order chi connectivity index (χ1) is 17.2. The molecule has 0 aromatic heterocycles. The summed E-state index contributed by atoms with van der Waals surface area (Å²) in [4.78, 5) is 42.1. The zero-order valence-corrected chi connectivity index (χ0v) is 24.3. The second-order valence-corrected chi connectivity index (χ2v) is 11.5. The number of nitrogens with zero attached hydrogens (tertiary/aromatic N) is 1. The molecule has 1 rings (SSSR count). The van der Waals surface area contributed by atoms with Crippen molar-refractivity contribution in [2.75, 3.05) is 6.54 Å². The van der Waals surface area contributed by atoms with E-state index in [9.17, 15) is 19.5 Å². The van der Waals surface area contributed by atoms with E-state index in [0.29, 0.717) is 24.4 Å². The number of benzene rings is 1. The van der Waals surface area contributed by atoms with Gasteiger partial charge in [-0.15, -0.1) is 0 Å². The largest absolute Gasteiger partial charge is 0.508 e. The Bertz CT molecular complexity index is 879. The fourth-order valence-electron chi connectivity index (χ4n) is 4.04. The van der Waals surface area contributed by atoms with Gasteiger partial charge in [0.1, 0.15) is 23.4 Å². The Morgan fingerprint density at radius 2 is 1.65 bits per heavy atom. The molecule has 37 heavy (non-hydrogen) atoms. The topological polar surface area (TPSA) is 108 Å². The van der Waals surface area contributed by atoms with E-state index < -0.39 is 29.7 Å². The van der Waals surface area contributed by atoms with Crippen LogP contribution in [0, 0.1) is 11.8 Å². The molecule has 8 nitrogen and oxygen atoms in total. The van der Waals surface area contributed by atoms with Crippen LogP contribution in [0.1, 0.15) is 99.6 Å². The van der Waals surface area contributed by atoms with Crippen molar-refractivity contribution in [2.24, 2.45) is 11.8 Å². The van der Waals surface area contributed by atoms with Crippen LogP contribution in [-0.4, -0.2) is 52.1 Å². The number of phenolic OH excluding ortho intramolecular Hbond substituents is 1. The molecule has 0 aliphatic carbocycles. The number of amides is 3. The number of unbranched alkanes of at least 4 members (excludes halogenated alkanes) is 1. The molecule has 0 radical (unpaired) electrons. The van der Waals surface area contributed by atoms with Crippen molar-refractivity contribution < 1.29 is 24.2 Å². The molecule has 0 bridgehead atoms. The van der Waals surface area contributed by atoms with Crippen molar-refractivity contribution in [1.29, 1.82) is 0 Å². The minimum Gasteiger partial charge on any atom is -0.508 e. The number of carbonyl (C=O) groups is 3. The second kappa shape index (κ2) is 14.8. The number of alkyl carbamates (subject to hydrolysis) is 1. The van der Waals surface area contributed by atoms with Crippen LogP contribution >= 0.6 is 0 Å². The van der Waals surface area contributed by atoms with Crippen molar-refractivity contribution in [3.63, 3.8) is 0 Å². The Balaban J connectivity index is 3.57. The predicted molar refractivity (Wildman–Crippen MR) is 147 cm³/mol. The van der Waals surface area contributed by atoms with E-state index in [1.807, 2.05) is 27.7 Å². The van der Waals surface area contributed by atoms with Gasteiger partial charge in [-0.05, 0) is 64.9 Å². The van der Waals surface area contributed by atoms with Gasteiger partial charge in [0.25, 0.3) is 0 Å². The van der Waals surface area contributed by atoms with Crippen molar-refractivity contribution in [1.82, 2.24) is 15.5 Å². The van der Waals surface area contributed by atoms with Crippen molar-refractivity contribution in [3.05, 3.63) is 29.8 Å². The van der Waals surface area contributed by atoms with Gasteiger partial charge in [-0.2, -0.15) is 0 Å². The number of carbonyl (C=O) groups excluding carboxylic acids is 3. The molecule has 8 heteroatoms. The Labute approximate surface area is 223 Å². The third-order valence-corrected chi connectivity index (χ3v) is 6.08. The number of para-hydroxylation sites is 1. The first-order valence-corrected chi connectivity index (χ1v) is 13.6. The van der Waals surface area contributed by atoms with Gasteiger partial charge in [-0.3, -0.25) is 9.59 Å². The zero-order chi connectivity index (χ0) is 28.3. The Morgan fingerprint density at radius 1 is 1.03 bits per heavy atom. The number of hydrogen-bond acceptors (Lipinski definition) is 5. The molecule has 0 aliphatic heterocycles. The molecule has 1 aromatic carbocycles. The van der Waals surface area contributed by atoms with Crippen molar-refractivity contribution in [2.45, 2.75) is 112 Å². The van der Waals surface area contributed by atoms with Crippen LogP contribution in [-0.2, 0) is 14.3 Å². The standard InChI is InChI=1S/C29H49N3O5/c1-10-11-18-30-26(34)25(22-14-12-13-15-23(22)33)32(21(6)17-16-19(2)3)27(35)24(20(4)5)31-28(36)37-29(7,8)9/h12-15,19-21,24-25,33H,10-11,16-18H2,1-9H3,(H,30,34)(H,31,36). The SMILES string of the molecule is CCCCNC(=O)C(c1ccccc1O)N(C(=O)C(NC(=O)OC(C)(C)C)C(C)C)C(C)CCC(C)C. The van der Waals surface area contributed by atoms with Gasteiger partial charge in [-0.25, -0.2) is 4.79 Å². The fraction of sp³-hybridized carbons (Fsp3) is 0.690. The molecule has 3 atom stereocenters. The highest BCUT2D eigenvalue weighted by molar-refractivity contribution is 5.92. The number of hydrogen-bond donors (Lipinski definition) is 3. The summed E-state index contributed by atoms with van der Waals surface area (Å²) in [6.07, 6.45) is 2.52. The number of rotatable bonds is 13. The third kappa shape index (κ3) is 10.6. The van der Waals surface area contributed by atoms with Crippen LogP contribution in [0.2, 0.25) is 0 Å². The molecule has 3 unspecified atom stereocenters. The Kier molecular flexibility index (Phi) is 12.9. The summed E-state index contributed by atoms with van der Waals surface area (Å²) in [6, 6.07) is 4.28. The van der Waals surface area contributed by atoms with Gasteiger partial charge in [0, 0.05) is 18.2 Å². The number of nitrogens with one attached hydrogen (secondary N) is 2. The molecule has 0 spiro atoms. The maximum Gasteiger partial charge on any atom is 0.408 e. The zero-order valence-electron chi connectivity index (χ0n) is 24.3. The quantitative estimate of drug-likeness (QED) is 0.296. The molecule has 0 saturated heterocycles. The average molecular weight is 520 g/mol. The summed E-state index contributed by atoms with van der Waals surface area (Å²) in [6.45, 7) is 17.6. The van der Waals surface area contributed by atoms with Crippen LogP contribution in [0.5, 0.6) is 5.75 Å². The highest BCUT2D eigenvalue weighted by atomic mass is 16.6. The van der Waals surface area contributed by atoms with Gasteiger partial charge in [0.2, 0.25) is 11.8 Å². The summed E-state index contributed by atoms with van der Waals surface area (Å²) in [5.41, 5.74) is -0.378. The van der Waals surface area contributed by atoms with E-state index in [1.54, 1.807) is 43.9 Å². The smallest absolute Gasteiger partial charge is 0.408 e. The second-order valence-electron chi connectivity index (χ2n) is 11.5. The normalized spacial score (nSPS) is 14.1. The van der Waals surface area contributed by atoms with Gasteiger partial charge >= 0.3 is 6.09 Å². The molecule has 1 aromatic rings. The van der Waals surface area contributed by atoms with Crippen LogP contribution < -0.4 is 10.6 Å². The molecular weight excluding hydrogens is 470 g/mol. The van der Waals surface area contributed by atoms with E-state index in [-0.39, 0.29) is 23.6 Å². The molecule has 0 aliphatic rings. The number of ether oxygens (including phenoxy) is 1. The lowest BCUT2D eigenvalue weighted by Gasteiger charge is -2.39. The highest BCUT2D eigenvalue weighted by Crippen LogP contribution is 2.33. The first kappa shape index (κ1) is 32.3. The summed E-state index contributed by atoms with van der Waals surface area (Å²) in [7, 11) is 0. The molecule has 0 fully saturated rings. The lowest BCUT2D eigenvalue weighted by Crippen LogP contribution is -2.57. The number of aromatic hydroxyl groups is 1. The molecule has 0 heterocycles. The van der Waals surface area contributed by atoms with Gasteiger partial charge in [-0.1, -0.05) is 59.2 Å². The van der Waals surface area contributed by atoms with Crippen molar-refractivity contribution >= 4 is 17.9 Å². The van der Waals surface area contributed by atoms with Gasteiger partial charge in [0.15, 0.2) is 0 Å². The van der Waals surface area contributed by atoms with E-state index >= 15 is 0 Å². The van der Waals surface area contributed by atoms with Gasteiger partial charge in [0.05, 0.1) is 0 Å². The van der Waals surface area contributed by atoms with Gasteiger partial charge < -0.3 is 25.4 Å². The van der Waals surface area contributed by atoms with Crippen LogP contribution in [0.4, 0.5) is 4.79 Å². The molecule has 210 valence electrons. The lowest BCUT2D eigenvalue weighted by molar-refractivity contribution is -0.146. The van der Waals surface area contributed by atoms with Crippen LogP contribution in [0.15, 0.2) is 24.3 Å². The monoisotopic (exact) mass is 519 g/mol. The summed E-state index contributed by atoms with van der Waals surface area (Å²) in [5, 5.41) is 16.4. The first-order valence-electron chi connectivity index (χ1n) is 13.6. The summed E-state index contributed by atoms with van der Waals surface area (Å²) < 4.78 is 5.42. The minimum atomic E-state index is -1.06. The number of phenols is 1. The summed E-state index contributed by atoms with van der Waals surface area (Å²) >= 11 is 0. The van der Waals surface area contributed by atoms with Crippen LogP contribution in [0.25, 0.3) is 0 Å². The molecular formula is C29H49N3O5. The fourth-order valence-corrected chi connectivity index (χ4v) is 4.04. The highest BCUT2D eigenvalue weighted by Gasteiger charge is 2.40. The van der Waals surface area contributed by atoms with Crippen molar-refractivity contribution in [3.8, 4) is 5.75 Å². The Hall–Kier alpha value is -2.77. The molecule has 0 saturated carbocycles. The minimum absolute atomic E-state index is 0.0619. The molecule has 3 N–H and O–H groups in total. The lowest BCUT2D eigenvalue weighted by atomic mass is 9.94. The third-order valence-electron chi connectivity index (χ3n) is 6.08. The van der Waals surface area contributed by atoms with E-state index in [2.05, 4.69) is 24.5 Å². The maximum atomic E-state index is 14.2. The van der Waals surface area contributed by atoms with E-state index in [0.717, 1.165) is 19.3 Å².